The molecule has 202 valence electrons. The van der Waals surface area contributed by atoms with Crippen LogP contribution < -0.4 is 29.1 Å². The van der Waals surface area contributed by atoms with E-state index < -0.39 is 12.0 Å². The second kappa shape index (κ2) is 12.4. The van der Waals surface area contributed by atoms with Crippen LogP contribution in [0.5, 0.6) is 17.2 Å². The minimum absolute atomic E-state index is 0.0220. The van der Waals surface area contributed by atoms with Crippen LogP contribution in [0.25, 0.3) is 6.08 Å². The number of carbonyl (C=O) groups is 1. The Hall–Kier alpha value is -3.71. The van der Waals surface area contributed by atoms with Gasteiger partial charge in [0.15, 0.2) is 16.3 Å². The highest BCUT2D eigenvalue weighted by Gasteiger charge is 2.31. The lowest BCUT2D eigenvalue weighted by atomic mass is 9.97. The molecular weight excluding hydrogens is 563 g/mol. The van der Waals surface area contributed by atoms with Crippen LogP contribution in [-0.2, 0) is 9.53 Å². The van der Waals surface area contributed by atoms with E-state index in [2.05, 4.69) is 10.9 Å². The van der Waals surface area contributed by atoms with Crippen molar-refractivity contribution in [2.24, 2.45) is 4.99 Å². The average molecular weight is 587 g/mol. The van der Waals surface area contributed by atoms with Crippen molar-refractivity contribution in [1.29, 1.82) is 0 Å². The molecule has 3 aromatic rings. The molecule has 8 nitrogen and oxygen atoms in total. The molecule has 1 aliphatic rings. The summed E-state index contributed by atoms with van der Waals surface area (Å²) in [6, 6.07) is 7.60. The van der Waals surface area contributed by atoms with E-state index in [1.165, 1.54) is 23.9 Å². The highest BCUT2D eigenvalue weighted by Crippen LogP contribution is 2.35. The lowest BCUT2D eigenvalue weighted by Crippen LogP contribution is -2.39. The molecule has 2 heterocycles. The van der Waals surface area contributed by atoms with Crippen molar-refractivity contribution in [2.75, 3.05) is 26.9 Å². The zero-order valence-corrected chi connectivity index (χ0v) is 23.7. The second-order valence-corrected chi connectivity index (χ2v) is 9.90. The molecule has 0 aliphatic carbocycles. The van der Waals surface area contributed by atoms with Gasteiger partial charge in [0.1, 0.15) is 12.4 Å². The number of nitrogens with zero attached hydrogens (tertiary/aromatic N) is 2. The Bertz CT molecular complexity index is 1670. The third kappa shape index (κ3) is 5.83. The second-order valence-electron chi connectivity index (χ2n) is 8.05. The number of esters is 1. The monoisotopic (exact) mass is 586 g/mol. The lowest BCUT2D eigenvalue weighted by molar-refractivity contribution is -0.136. The van der Waals surface area contributed by atoms with Crippen LogP contribution in [0.15, 0.2) is 51.9 Å². The fourth-order valence-corrected chi connectivity index (χ4v) is 5.61. The van der Waals surface area contributed by atoms with Gasteiger partial charge in [0.05, 0.1) is 41.5 Å². The first-order valence-corrected chi connectivity index (χ1v) is 13.4. The molecule has 1 atom stereocenters. The van der Waals surface area contributed by atoms with Gasteiger partial charge in [-0.1, -0.05) is 46.5 Å². The minimum Gasteiger partial charge on any atom is -0.490 e. The summed E-state index contributed by atoms with van der Waals surface area (Å²) in [7, 11) is 1.27. The SMILES string of the molecule is C#CCOc1c(Cl)cc(Cl)cc1/C=c1/sc2n(c1=O)[C@H](c1ccc(OCC)c(OCC)c1)C(C(=O)OC)=CN=2. The Kier molecular flexibility index (Phi) is 9.02. The van der Waals surface area contributed by atoms with Gasteiger partial charge >= 0.3 is 5.97 Å². The molecule has 0 saturated heterocycles. The van der Waals surface area contributed by atoms with E-state index in [-0.39, 0.29) is 22.8 Å². The number of hydrogen-bond donors (Lipinski definition) is 0. The fourth-order valence-electron chi connectivity index (χ4n) is 4.08. The number of fused-ring (bicyclic) bond motifs is 1. The Morgan fingerprint density at radius 2 is 1.90 bits per heavy atom. The van der Waals surface area contributed by atoms with E-state index in [1.807, 2.05) is 13.8 Å². The molecule has 0 fully saturated rings. The maximum absolute atomic E-state index is 13.8. The van der Waals surface area contributed by atoms with Crippen LogP contribution in [0.2, 0.25) is 10.0 Å². The molecule has 0 radical (unpaired) electrons. The van der Waals surface area contributed by atoms with Crippen LogP contribution in [0.4, 0.5) is 0 Å². The lowest BCUT2D eigenvalue weighted by Gasteiger charge is -2.23. The summed E-state index contributed by atoms with van der Waals surface area (Å²) in [5.74, 6) is 3.12. The van der Waals surface area contributed by atoms with Gasteiger partial charge in [0.25, 0.3) is 5.56 Å². The van der Waals surface area contributed by atoms with Crippen molar-refractivity contribution < 1.29 is 23.7 Å². The van der Waals surface area contributed by atoms with Crippen LogP contribution >= 0.6 is 34.5 Å². The molecular formula is C28H24Cl2N2O6S. The fraction of sp³-hybridized carbons (Fsp3) is 0.250. The number of rotatable bonds is 9. The van der Waals surface area contributed by atoms with Gasteiger partial charge in [-0.3, -0.25) is 9.36 Å². The summed E-state index contributed by atoms with van der Waals surface area (Å²) in [5, 5.41) is 0.608. The summed E-state index contributed by atoms with van der Waals surface area (Å²) in [4.78, 5) is 31.4. The molecule has 2 aromatic carbocycles. The number of thiazole rings is 1. The Balaban J connectivity index is 1.93. The zero-order chi connectivity index (χ0) is 28.1. The summed E-state index contributed by atoms with van der Waals surface area (Å²) < 4.78 is 23.9. The Labute approximate surface area is 238 Å². The molecule has 0 saturated carbocycles. The predicted octanol–water partition coefficient (Wildman–Crippen LogP) is 4.13. The standard InChI is InChI=1S/C28H24Cl2N2O6S/c1-5-10-38-25-17(11-18(29)14-20(25)30)13-23-26(33)32-24(19(27(34)35-4)15-31-28(32)39-23)16-8-9-21(36-6-2)22(12-16)37-7-3/h1,8-9,11-15,24H,6-7,10H2,2-4H3/b23-13+/t24-/m1/s1. The number of methoxy groups -OCH3 is 1. The zero-order valence-electron chi connectivity index (χ0n) is 21.3. The van der Waals surface area contributed by atoms with Gasteiger partial charge in [-0.15, -0.1) is 6.42 Å². The first kappa shape index (κ1) is 28.3. The van der Waals surface area contributed by atoms with E-state index >= 15 is 0 Å². The molecule has 1 aromatic heterocycles. The van der Waals surface area contributed by atoms with Crippen molar-refractivity contribution in [1.82, 2.24) is 4.57 Å². The van der Waals surface area contributed by atoms with Gasteiger partial charge in [0, 0.05) is 16.8 Å². The van der Waals surface area contributed by atoms with E-state index in [9.17, 15) is 9.59 Å². The van der Waals surface area contributed by atoms with Gasteiger partial charge in [-0.25, -0.2) is 9.79 Å². The predicted molar refractivity (Wildman–Crippen MR) is 151 cm³/mol. The van der Waals surface area contributed by atoms with Crippen LogP contribution in [0, 0.1) is 12.3 Å². The average Bonchev–Trinajstić information content (AvgIpc) is 3.23. The quantitative estimate of drug-likeness (QED) is 0.277. The van der Waals surface area contributed by atoms with Crippen molar-refractivity contribution in [2.45, 2.75) is 19.9 Å². The van der Waals surface area contributed by atoms with Crippen LogP contribution in [0.3, 0.4) is 0 Å². The highest BCUT2D eigenvalue weighted by atomic mass is 35.5. The number of terminal acetylenes is 1. The number of carbonyl (C=O) groups excluding carboxylic acids is 1. The summed E-state index contributed by atoms with van der Waals surface area (Å²) in [6.45, 7) is 4.55. The first-order chi connectivity index (χ1) is 18.8. The molecule has 1 aliphatic heterocycles. The van der Waals surface area contributed by atoms with Gasteiger partial charge < -0.3 is 18.9 Å². The molecule has 0 bridgehead atoms. The number of halogens is 2. The topological polar surface area (TPSA) is 88.3 Å². The van der Waals surface area contributed by atoms with Crippen molar-refractivity contribution >= 4 is 46.6 Å². The van der Waals surface area contributed by atoms with Crippen molar-refractivity contribution in [3.63, 3.8) is 0 Å². The number of benzene rings is 2. The maximum atomic E-state index is 13.8. The number of ether oxygens (including phenoxy) is 4. The van der Waals surface area contributed by atoms with Crippen LogP contribution in [0.1, 0.15) is 31.0 Å². The third-order valence-electron chi connectivity index (χ3n) is 5.63. The minimum atomic E-state index is -0.828. The smallest absolute Gasteiger partial charge is 0.337 e. The third-order valence-corrected chi connectivity index (χ3v) is 7.13. The summed E-state index contributed by atoms with van der Waals surface area (Å²) >= 11 is 13.7. The first-order valence-electron chi connectivity index (χ1n) is 11.9. The van der Waals surface area contributed by atoms with Gasteiger partial charge in [-0.05, 0) is 49.8 Å². The number of aromatic nitrogens is 1. The van der Waals surface area contributed by atoms with E-state index in [0.717, 1.165) is 11.3 Å². The normalized spacial score (nSPS) is 14.5. The van der Waals surface area contributed by atoms with E-state index in [0.29, 0.717) is 55.9 Å². The molecule has 0 amide bonds. The molecule has 0 N–H and O–H groups in total. The van der Waals surface area contributed by atoms with Gasteiger partial charge in [-0.2, -0.15) is 0 Å². The largest absolute Gasteiger partial charge is 0.490 e. The maximum Gasteiger partial charge on any atom is 0.337 e. The number of hydrogen-bond acceptors (Lipinski definition) is 8. The highest BCUT2D eigenvalue weighted by molar-refractivity contribution is 7.07. The Morgan fingerprint density at radius 1 is 1.15 bits per heavy atom. The summed E-state index contributed by atoms with van der Waals surface area (Å²) in [6.07, 6.45) is 8.37. The van der Waals surface area contributed by atoms with Crippen LogP contribution in [-0.4, -0.2) is 37.5 Å². The van der Waals surface area contributed by atoms with E-state index in [4.69, 9.17) is 48.6 Å². The molecule has 0 unspecified atom stereocenters. The molecule has 39 heavy (non-hydrogen) atoms. The van der Waals surface area contributed by atoms with Crippen molar-refractivity contribution in [3.05, 3.63) is 83.0 Å². The van der Waals surface area contributed by atoms with E-state index in [1.54, 1.807) is 30.3 Å². The summed E-state index contributed by atoms with van der Waals surface area (Å²) in [5.41, 5.74) is 0.887. The van der Waals surface area contributed by atoms with Crippen molar-refractivity contribution in [3.8, 4) is 29.6 Å². The Morgan fingerprint density at radius 3 is 2.59 bits per heavy atom. The molecule has 4 rings (SSSR count). The molecule has 0 spiro atoms. The van der Waals surface area contributed by atoms with Gasteiger partial charge in [0.2, 0.25) is 0 Å². The molecule has 11 heteroatoms.